The summed E-state index contributed by atoms with van der Waals surface area (Å²) < 4.78 is 2.43. The lowest BCUT2D eigenvalue weighted by Crippen LogP contribution is -2.03. The molecule has 6 aromatic carbocycles. The molecule has 0 fully saturated rings. The maximum Gasteiger partial charge on any atom is 0.0971 e. The van der Waals surface area contributed by atoms with Gasteiger partial charge in [-0.1, -0.05) is 103 Å². The molecule has 3 nitrogen and oxygen atoms in total. The summed E-state index contributed by atoms with van der Waals surface area (Å²) in [5.41, 5.74) is 14.9. The molecule has 0 atom stereocenters. The molecule has 0 aliphatic heterocycles. The molecule has 2 aromatic heterocycles. The molecular weight excluding hydrogens is 498 g/mol. The van der Waals surface area contributed by atoms with Crippen LogP contribution in [0, 0.1) is 0 Å². The summed E-state index contributed by atoms with van der Waals surface area (Å²) in [6, 6.07) is 46.0. The van der Waals surface area contributed by atoms with Gasteiger partial charge in [-0.15, -0.1) is 0 Å². The first kappa shape index (κ1) is 22.3. The Morgan fingerprint density at radius 3 is 1.68 bits per heavy atom. The third-order valence-corrected chi connectivity index (χ3v) is 8.48. The summed E-state index contributed by atoms with van der Waals surface area (Å²) in [5, 5.41) is 2.50. The quantitative estimate of drug-likeness (QED) is 0.215. The van der Waals surface area contributed by atoms with E-state index in [4.69, 9.17) is 9.97 Å². The van der Waals surface area contributed by atoms with Crippen LogP contribution >= 0.6 is 0 Å². The minimum atomic E-state index is 0.894. The normalized spacial score (nSPS) is 11.9. The van der Waals surface area contributed by atoms with Crippen LogP contribution in [-0.4, -0.2) is 14.5 Å². The fraction of sp³-hybridized carbons (Fsp3) is 0. The van der Waals surface area contributed by atoms with E-state index < -0.39 is 0 Å². The van der Waals surface area contributed by atoms with Gasteiger partial charge in [-0.3, -0.25) is 9.97 Å². The summed E-state index contributed by atoms with van der Waals surface area (Å²) >= 11 is 0. The predicted octanol–water partition coefficient (Wildman–Crippen LogP) is 9.71. The number of para-hydroxylation sites is 2. The number of nitrogens with zero attached hydrogens (tertiary/aromatic N) is 3. The van der Waals surface area contributed by atoms with Crippen LogP contribution < -0.4 is 0 Å². The molecule has 3 heteroatoms. The van der Waals surface area contributed by atoms with E-state index in [-0.39, 0.29) is 0 Å². The minimum absolute atomic E-state index is 0.894. The van der Waals surface area contributed by atoms with Crippen LogP contribution in [-0.2, 0) is 0 Å². The molecule has 8 aromatic rings. The molecule has 0 spiro atoms. The Balaban J connectivity index is 1.53. The van der Waals surface area contributed by atoms with Gasteiger partial charge >= 0.3 is 0 Å². The first-order chi connectivity index (χ1) is 20.4. The second kappa shape index (κ2) is 8.48. The van der Waals surface area contributed by atoms with Crippen molar-refractivity contribution in [3.05, 3.63) is 140 Å². The summed E-state index contributed by atoms with van der Waals surface area (Å²) in [6.45, 7) is 0. The van der Waals surface area contributed by atoms with Crippen molar-refractivity contribution in [1.82, 2.24) is 14.5 Å². The third kappa shape index (κ3) is 3.09. The van der Waals surface area contributed by atoms with Gasteiger partial charge in [0.1, 0.15) is 0 Å². The Hall–Kier alpha value is -5.54. The van der Waals surface area contributed by atoms with Crippen LogP contribution in [0.2, 0.25) is 0 Å². The van der Waals surface area contributed by atoms with Crippen molar-refractivity contribution in [3.63, 3.8) is 0 Å². The predicted molar refractivity (Wildman–Crippen MR) is 169 cm³/mol. The summed E-state index contributed by atoms with van der Waals surface area (Å²) in [7, 11) is 0. The Labute approximate surface area is 237 Å². The number of fused-ring (bicyclic) bond motifs is 13. The molecule has 0 saturated carbocycles. The molecule has 41 heavy (non-hydrogen) atoms. The second-order valence-corrected chi connectivity index (χ2v) is 10.6. The molecule has 190 valence electrons. The van der Waals surface area contributed by atoms with E-state index in [1.807, 2.05) is 0 Å². The van der Waals surface area contributed by atoms with E-state index in [0.29, 0.717) is 0 Å². The van der Waals surface area contributed by atoms with Crippen LogP contribution in [0.1, 0.15) is 0 Å². The monoisotopic (exact) mass is 521 g/mol. The number of aromatic nitrogens is 3. The van der Waals surface area contributed by atoms with Gasteiger partial charge in [0.2, 0.25) is 0 Å². The highest BCUT2D eigenvalue weighted by Gasteiger charge is 2.27. The number of hydrogen-bond acceptors (Lipinski definition) is 2. The zero-order valence-corrected chi connectivity index (χ0v) is 22.1. The Morgan fingerprint density at radius 2 is 0.951 bits per heavy atom. The third-order valence-electron chi connectivity index (χ3n) is 8.48. The van der Waals surface area contributed by atoms with Crippen molar-refractivity contribution in [2.24, 2.45) is 0 Å². The van der Waals surface area contributed by atoms with Crippen molar-refractivity contribution >= 4 is 32.8 Å². The van der Waals surface area contributed by atoms with E-state index in [1.165, 1.54) is 55.2 Å². The van der Waals surface area contributed by atoms with Crippen LogP contribution in [0.3, 0.4) is 0 Å². The lowest BCUT2D eigenvalue weighted by atomic mass is 9.80. The molecule has 0 radical (unpaired) electrons. The number of benzene rings is 6. The molecular formula is C38H23N3. The smallest absolute Gasteiger partial charge is 0.0971 e. The topological polar surface area (TPSA) is 30.7 Å². The van der Waals surface area contributed by atoms with Gasteiger partial charge in [-0.05, 0) is 57.6 Å². The highest BCUT2D eigenvalue weighted by atomic mass is 15.0. The highest BCUT2D eigenvalue weighted by Crippen LogP contribution is 2.51. The Bertz CT molecular complexity index is 2270. The maximum absolute atomic E-state index is 4.92. The molecule has 0 N–H and O–H groups in total. The van der Waals surface area contributed by atoms with E-state index in [1.54, 1.807) is 12.4 Å². The zero-order valence-electron chi connectivity index (χ0n) is 22.1. The van der Waals surface area contributed by atoms with E-state index >= 15 is 0 Å². The molecule has 1 aliphatic rings. The van der Waals surface area contributed by atoms with Crippen molar-refractivity contribution in [2.75, 3.05) is 0 Å². The SMILES string of the molecule is c1ccc2c(c1)-c1ccccc1-c1c(cccc1-n1c3ccccc3c3ccccc31)-c1c-2ccc2nccnc12. The lowest BCUT2D eigenvalue weighted by Gasteiger charge is -2.26. The van der Waals surface area contributed by atoms with Crippen LogP contribution in [0.5, 0.6) is 0 Å². The standard InChI is InChI=1S/C38H23N3/c1-2-12-26-24(10-1)25-11-3-4-15-29(25)36-31(37-30(26)20-21-32-38(37)40-23-22-39-32)16-9-19-35(36)41-33-17-7-5-13-27(33)28-14-6-8-18-34(28)41/h1-23H. The van der Waals surface area contributed by atoms with Gasteiger partial charge < -0.3 is 4.57 Å². The molecule has 0 amide bonds. The second-order valence-electron chi connectivity index (χ2n) is 10.6. The average Bonchev–Trinajstić information content (AvgIpc) is 3.37. The van der Waals surface area contributed by atoms with Crippen LogP contribution in [0.25, 0.3) is 83.0 Å². The molecule has 0 saturated heterocycles. The highest BCUT2D eigenvalue weighted by molar-refractivity contribution is 6.13. The van der Waals surface area contributed by atoms with Gasteiger partial charge in [0.05, 0.1) is 27.8 Å². The zero-order chi connectivity index (χ0) is 26.9. The largest absolute Gasteiger partial charge is 0.309 e. The van der Waals surface area contributed by atoms with Crippen molar-refractivity contribution in [1.29, 1.82) is 0 Å². The summed E-state index contributed by atoms with van der Waals surface area (Å²) in [4.78, 5) is 9.62. The molecule has 9 rings (SSSR count). The molecule has 0 bridgehead atoms. The van der Waals surface area contributed by atoms with E-state index in [0.717, 1.165) is 27.8 Å². The Morgan fingerprint density at radius 1 is 0.390 bits per heavy atom. The van der Waals surface area contributed by atoms with Crippen molar-refractivity contribution in [2.45, 2.75) is 0 Å². The van der Waals surface area contributed by atoms with Crippen molar-refractivity contribution < 1.29 is 0 Å². The van der Waals surface area contributed by atoms with Gasteiger partial charge in [0.15, 0.2) is 0 Å². The Kier molecular flexibility index (Phi) is 4.61. The van der Waals surface area contributed by atoms with E-state index in [9.17, 15) is 0 Å². The van der Waals surface area contributed by atoms with E-state index in [2.05, 4.69) is 132 Å². The molecule has 1 aliphatic carbocycles. The molecule has 2 heterocycles. The first-order valence-corrected chi connectivity index (χ1v) is 13.9. The van der Waals surface area contributed by atoms with Gasteiger partial charge in [0.25, 0.3) is 0 Å². The number of rotatable bonds is 1. The maximum atomic E-state index is 4.92. The number of hydrogen-bond donors (Lipinski definition) is 0. The van der Waals surface area contributed by atoms with Crippen LogP contribution in [0.4, 0.5) is 0 Å². The fourth-order valence-corrected chi connectivity index (χ4v) is 6.82. The summed E-state index contributed by atoms with van der Waals surface area (Å²) in [5.74, 6) is 0. The minimum Gasteiger partial charge on any atom is -0.309 e. The van der Waals surface area contributed by atoms with Crippen molar-refractivity contribution in [3.8, 4) is 50.2 Å². The average molecular weight is 522 g/mol. The van der Waals surface area contributed by atoms with Gasteiger partial charge in [-0.2, -0.15) is 0 Å². The molecule has 0 unspecified atom stereocenters. The van der Waals surface area contributed by atoms with Crippen LogP contribution in [0.15, 0.2) is 140 Å². The van der Waals surface area contributed by atoms with Gasteiger partial charge in [-0.25, -0.2) is 0 Å². The van der Waals surface area contributed by atoms with Gasteiger partial charge in [0, 0.05) is 34.3 Å². The lowest BCUT2D eigenvalue weighted by molar-refractivity contribution is 1.18. The summed E-state index contributed by atoms with van der Waals surface area (Å²) in [6.07, 6.45) is 3.58. The fourth-order valence-electron chi connectivity index (χ4n) is 6.82. The first-order valence-electron chi connectivity index (χ1n) is 13.9.